The Morgan fingerprint density at radius 1 is 1.09 bits per heavy atom. The van der Waals surface area contributed by atoms with E-state index in [1.807, 2.05) is 0 Å². The van der Waals surface area contributed by atoms with Gasteiger partial charge in [-0.05, 0) is 31.2 Å². The summed E-state index contributed by atoms with van der Waals surface area (Å²) in [6, 6.07) is 11.4. The van der Waals surface area contributed by atoms with Crippen molar-refractivity contribution in [3.8, 4) is 11.5 Å². The minimum Gasteiger partial charge on any atom is -0.508 e. The molecule has 1 N–H and O–H groups in total. The van der Waals surface area contributed by atoms with Crippen LogP contribution in [-0.2, 0) is 11.3 Å². The Morgan fingerprint density at radius 2 is 1.82 bits per heavy atom. The minimum absolute atomic E-state index is 0.135. The van der Waals surface area contributed by atoms with Crippen molar-refractivity contribution in [3.05, 3.63) is 59.2 Å². The van der Waals surface area contributed by atoms with Gasteiger partial charge in [0.05, 0.1) is 12.7 Å². The summed E-state index contributed by atoms with van der Waals surface area (Å²) in [5, 5.41) is 9.69. The molecule has 2 rings (SSSR count). The first-order chi connectivity index (χ1) is 10.5. The smallest absolute Gasteiger partial charge is 0.338 e. The maximum absolute atomic E-state index is 11.7. The Balaban J connectivity index is 2.24. The highest BCUT2D eigenvalue weighted by atomic mass is 16.5. The minimum atomic E-state index is -0.599. The number of ether oxygens (including phenoxy) is 2. The van der Waals surface area contributed by atoms with Gasteiger partial charge in [0.15, 0.2) is 5.78 Å². The van der Waals surface area contributed by atoms with Gasteiger partial charge >= 0.3 is 5.97 Å². The lowest BCUT2D eigenvalue weighted by Gasteiger charge is -2.11. The highest BCUT2D eigenvalue weighted by Gasteiger charge is 2.16. The van der Waals surface area contributed by atoms with E-state index < -0.39 is 5.97 Å². The van der Waals surface area contributed by atoms with Gasteiger partial charge in [0.25, 0.3) is 0 Å². The molecule has 114 valence electrons. The van der Waals surface area contributed by atoms with E-state index in [1.54, 1.807) is 30.3 Å². The Hall–Kier alpha value is -2.82. The summed E-state index contributed by atoms with van der Waals surface area (Å²) in [7, 11) is 1.25. The topological polar surface area (TPSA) is 72.8 Å². The van der Waals surface area contributed by atoms with Crippen LogP contribution in [0.4, 0.5) is 0 Å². The first kappa shape index (κ1) is 15.6. The van der Waals surface area contributed by atoms with E-state index in [0.717, 1.165) is 0 Å². The van der Waals surface area contributed by atoms with Crippen LogP contribution in [0, 0.1) is 0 Å². The number of hydrogen-bond donors (Lipinski definition) is 1. The van der Waals surface area contributed by atoms with Gasteiger partial charge < -0.3 is 14.6 Å². The number of benzene rings is 2. The Labute approximate surface area is 128 Å². The van der Waals surface area contributed by atoms with Crippen LogP contribution < -0.4 is 4.74 Å². The highest BCUT2D eigenvalue weighted by Crippen LogP contribution is 2.22. The molecule has 0 aliphatic heterocycles. The normalized spacial score (nSPS) is 10.1. The number of para-hydroxylation sites is 1. The zero-order valence-electron chi connectivity index (χ0n) is 12.3. The molecular formula is C17H16O5. The van der Waals surface area contributed by atoms with E-state index in [-0.39, 0.29) is 29.3 Å². The maximum atomic E-state index is 11.7. The molecule has 0 aromatic heterocycles. The highest BCUT2D eigenvalue weighted by molar-refractivity contribution is 6.05. The van der Waals surface area contributed by atoms with Crippen LogP contribution >= 0.6 is 0 Å². The molecular weight excluding hydrogens is 284 g/mol. The van der Waals surface area contributed by atoms with Gasteiger partial charge in [-0.3, -0.25) is 4.79 Å². The fourth-order valence-electron chi connectivity index (χ4n) is 1.99. The van der Waals surface area contributed by atoms with Gasteiger partial charge in [-0.2, -0.15) is 0 Å². The van der Waals surface area contributed by atoms with Crippen LogP contribution in [0.1, 0.15) is 33.2 Å². The summed E-state index contributed by atoms with van der Waals surface area (Å²) in [5.41, 5.74) is 1.06. The molecule has 0 spiro atoms. The van der Waals surface area contributed by atoms with Crippen molar-refractivity contribution in [2.45, 2.75) is 13.5 Å². The molecule has 0 saturated heterocycles. The third kappa shape index (κ3) is 3.44. The number of ketones is 1. The third-order valence-electron chi connectivity index (χ3n) is 3.16. The average molecular weight is 300 g/mol. The molecule has 0 aliphatic rings. The second-order valence-corrected chi connectivity index (χ2v) is 4.67. The molecule has 0 aliphatic carbocycles. The summed E-state index contributed by atoms with van der Waals surface area (Å²) in [6.07, 6.45) is 0. The summed E-state index contributed by atoms with van der Waals surface area (Å²) in [5.74, 6) is -0.282. The molecule has 0 amide bonds. The third-order valence-corrected chi connectivity index (χ3v) is 3.16. The Bertz CT molecular complexity index is 706. The number of hydrogen-bond acceptors (Lipinski definition) is 5. The number of rotatable bonds is 5. The van der Waals surface area contributed by atoms with Crippen molar-refractivity contribution in [1.82, 2.24) is 0 Å². The van der Waals surface area contributed by atoms with Crippen LogP contribution in [0.5, 0.6) is 11.5 Å². The van der Waals surface area contributed by atoms with Crippen LogP contribution in [0.2, 0.25) is 0 Å². The number of aromatic hydroxyl groups is 1. The van der Waals surface area contributed by atoms with Crippen molar-refractivity contribution in [2.75, 3.05) is 7.11 Å². The molecule has 5 heteroatoms. The number of methoxy groups -OCH3 is 1. The quantitative estimate of drug-likeness (QED) is 0.679. The fourth-order valence-corrected chi connectivity index (χ4v) is 1.99. The number of carbonyl (C=O) groups is 2. The van der Waals surface area contributed by atoms with E-state index in [4.69, 9.17) is 4.74 Å². The van der Waals surface area contributed by atoms with Crippen LogP contribution in [0.3, 0.4) is 0 Å². The van der Waals surface area contributed by atoms with Crippen molar-refractivity contribution in [2.24, 2.45) is 0 Å². The van der Waals surface area contributed by atoms with Gasteiger partial charge in [0.1, 0.15) is 18.1 Å². The standard InChI is InChI=1S/C17H16O5/c1-11(18)14-8-7-13(9-15(14)17(20)21-2)22-10-12-5-3-4-6-16(12)19/h3-9,19H,10H2,1-2H3. The lowest BCUT2D eigenvalue weighted by atomic mass is 10.0. The van der Waals surface area contributed by atoms with E-state index in [0.29, 0.717) is 11.3 Å². The predicted octanol–water partition coefficient (Wildman–Crippen LogP) is 2.96. The molecule has 2 aromatic carbocycles. The first-order valence-electron chi connectivity index (χ1n) is 6.66. The molecule has 0 unspecified atom stereocenters. The van der Waals surface area contributed by atoms with Crippen molar-refractivity contribution < 1.29 is 24.2 Å². The Morgan fingerprint density at radius 3 is 2.45 bits per heavy atom. The summed E-state index contributed by atoms with van der Waals surface area (Å²) in [6.45, 7) is 1.52. The molecule has 0 fully saturated rings. The monoisotopic (exact) mass is 300 g/mol. The van der Waals surface area contributed by atoms with Crippen molar-refractivity contribution in [3.63, 3.8) is 0 Å². The van der Waals surface area contributed by atoms with Gasteiger partial charge in [0.2, 0.25) is 0 Å². The zero-order chi connectivity index (χ0) is 16.1. The summed E-state index contributed by atoms with van der Waals surface area (Å²) < 4.78 is 10.2. The lowest BCUT2D eigenvalue weighted by molar-refractivity contribution is 0.0596. The SMILES string of the molecule is COC(=O)c1cc(OCc2ccccc2O)ccc1C(C)=O. The molecule has 2 aromatic rings. The number of Topliss-reactive ketones (excluding diaryl/α,β-unsaturated/α-hetero) is 1. The average Bonchev–Trinajstić information content (AvgIpc) is 2.53. The molecule has 0 heterocycles. The van der Waals surface area contributed by atoms with Gasteiger partial charge in [-0.1, -0.05) is 18.2 Å². The molecule has 0 radical (unpaired) electrons. The number of phenolic OH excluding ortho intramolecular Hbond substituents is 1. The predicted molar refractivity (Wildman–Crippen MR) is 80.2 cm³/mol. The fraction of sp³-hybridized carbons (Fsp3) is 0.176. The van der Waals surface area contributed by atoms with Crippen LogP contribution in [-0.4, -0.2) is 24.0 Å². The largest absolute Gasteiger partial charge is 0.508 e. The Kier molecular flexibility index (Phi) is 4.78. The number of carbonyl (C=O) groups excluding carboxylic acids is 2. The van der Waals surface area contributed by atoms with Crippen molar-refractivity contribution in [1.29, 1.82) is 0 Å². The van der Waals surface area contributed by atoms with Gasteiger partial charge in [-0.15, -0.1) is 0 Å². The van der Waals surface area contributed by atoms with Crippen molar-refractivity contribution >= 4 is 11.8 Å². The molecule has 0 atom stereocenters. The summed E-state index contributed by atoms with van der Waals surface area (Å²) in [4.78, 5) is 23.3. The lowest BCUT2D eigenvalue weighted by Crippen LogP contribution is -2.09. The van der Waals surface area contributed by atoms with E-state index in [9.17, 15) is 14.7 Å². The molecule has 0 bridgehead atoms. The van der Waals surface area contributed by atoms with Crippen LogP contribution in [0.15, 0.2) is 42.5 Å². The number of esters is 1. The maximum Gasteiger partial charge on any atom is 0.338 e. The molecule has 0 saturated carbocycles. The second-order valence-electron chi connectivity index (χ2n) is 4.67. The summed E-state index contributed by atoms with van der Waals surface area (Å²) >= 11 is 0. The first-order valence-corrected chi connectivity index (χ1v) is 6.66. The van der Waals surface area contributed by atoms with E-state index >= 15 is 0 Å². The zero-order valence-corrected chi connectivity index (χ0v) is 12.3. The van der Waals surface area contributed by atoms with E-state index in [1.165, 1.54) is 26.2 Å². The van der Waals surface area contributed by atoms with Crippen LogP contribution in [0.25, 0.3) is 0 Å². The van der Waals surface area contributed by atoms with Gasteiger partial charge in [-0.25, -0.2) is 4.79 Å². The molecule has 5 nitrogen and oxygen atoms in total. The molecule has 22 heavy (non-hydrogen) atoms. The van der Waals surface area contributed by atoms with Gasteiger partial charge in [0, 0.05) is 11.1 Å². The van der Waals surface area contributed by atoms with E-state index in [2.05, 4.69) is 4.74 Å². The number of phenols is 1. The second kappa shape index (κ2) is 6.76.